The van der Waals surface area contributed by atoms with Crippen molar-refractivity contribution >= 4 is 35.7 Å². The van der Waals surface area contributed by atoms with Crippen LogP contribution in [0.15, 0.2) is 22.7 Å². The molecule has 0 unspecified atom stereocenters. The lowest BCUT2D eigenvalue weighted by Gasteiger charge is -2.27. The third-order valence-electron chi connectivity index (χ3n) is 3.82. The molecular formula is C14H18BrClO3S. The zero-order valence-corrected chi connectivity index (χ0v) is 14.5. The first-order chi connectivity index (χ1) is 9.30. The monoisotopic (exact) mass is 380 g/mol. The van der Waals surface area contributed by atoms with E-state index in [0.717, 1.165) is 41.5 Å². The summed E-state index contributed by atoms with van der Waals surface area (Å²) in [6.07, 6.45) is 3.78. The number of rotatable bonds is 5. The van der Waals surface area contributed by atoms with Crippen molar-refractivity contribution in [3.05, 3.63) is 28.2 Å². The lowest BCUT2D eigenvalue weighted by molar-refractivity contribution is 0.171. The van der Waals surface area contributed by atoms with Crippen molar-refractivity contribution in [1.29, 1.82) is 0 Å². The first-order valence-corrected chi connectivity index (χ1v) is 9.88. The Balaban J connectivity index is 2.07. The topological polar surface area (TPSA) is 43.4 Å². The van der Waals surface area contributed by atoms with Gasteiger partial charge < -0.3 is 4.74 Å². The van der Waals surface area contributed by atoms with Crippen molar-refractivity contribution in [2.75, 3.05) is 12.4 Å². The molecule has 0 spiro atoms. The van der Waals surface area contributed by atoms with E-state index >= 15 is 0 Å². The van der Waals surface area contributed by atoms with E-state index in [0.29, 0.717) is 6.61 Å². The standard InChI is InChI=1S/C14H18BrClO3S/c1-11-8-12(4-5-13(11)15)19-9-14(6-2-3-7-14)10-20(16,17)18/h4-5,8H,2-3,6-7,9-10H2,1H3. The van der Waals surface area contributed by atoms with Crippen molar-refractivity contribution in [2.24, 2.45) is 5.41 Å². The molecule has 1 aromatic rings. The van der Waals surface area contributed by atoms with Gasteiger partial charge in [-0.2, -0.15) is 0 Å². The van der Waals surface area contributed by atoms with Crippen LogP contribution >= 0.6 is 26.6 Å². The maximum absolute atomic E-state index is 11.4. The van der Waals surface area contributed by atoms with E-state index in [-0.39, 0.29) is 11.2 Å². The van der Waals surface area contributed by atoms with Crippen LogP contribution in [0.4, 0.5) is 0 Å². The van der Waals surface area contributed by atoms with E-state index in [1.54, 1.807) is 0 Å². The fourth-order valence-electron chi connectivity index (χ4n) is 2.76. The summed E-state index contributed by atoms with van der Waals surface area (Å²) >= 11 is 3.44. The number of halogens is 2. The Morgan fingerprint density at radius 1 is 1.35 bits per heavy atom. The number of ether oxygens (including phenoxy) is 1. The van der Waals surface area contributed by atoms with Gasteiger partial charge in [0.05, 0.1) is 12.4 Å². The van der Waals surface area contributed by atoms with E-state index in [9.17, 15) is 8.42 Å². The van der Waals surface area contributed by atoms with Crippen LogP contribution in [0.25, 0.3) is 0 Å². The number of hydrogen-bond acceptors (Lipinski definition) is 3. The number of aryl methyl sites for hydroxylation is 1. The molecule has 1 aliphatic rings. The average molecular weight is 382 g/mol. The van der Waals surface area contributed by atoms with Crippen molar-refractivity contribution in [3.63, 3.8) is 0 Å². The Morgan fingerprint density at radius 2 is 2.00 bits per heavy atom. The zero-order valence-electron chi connectivity index (χ0n) is 11.4. The molecule has 20 heavy (non-hydrogen) atoms. The van der Waals surface area contributed by atoms with Gasteiger partial charge in [0, 0.05) is 20.6 Å². The van der Waals surface area contributed by atoms with Crippen molar-refractivity contribution < 1.29 is 13.2 Å². The lowest BCUT2D eigenvalue weighted by Crippen LogP contribution is -2.32. The third-order valence-corrected chi connectivity index (χ3v) is 5.99. The average Bonchev–Trinajstić information content (AvgIpc) is 2.77. The van der Waals surface area contributed by atoms with Gasteiger partial charge in [-0.15, -0.1) is 0 Å². The molecule has 3 nitrogen and oxygen atoms in total. The SMILES string of the molecule is Cc1cc(OCC2(CS(=O)(=O)Cl)CCCC2)ccc1Br. The Kier molecular flexibility index (Phi) is 5.03. The van der Waals surface area contributed by atoms with Crippen LogP contribution in [0.1, 0.15) is 31.2 Å². The molecule has 0 aromatic heterocycles. The van der Waals surface area contributed by atoms with Crippen LogP contribution in [-0.4, -0.2) is 20.8 Å². The first-order valence-electron chi connectivity index (χ1n) is 6.61. The van der Waals surface area contributed by atoms with Gasteiger partial charge >= 0.3 is 0 Å². The second kappa shape index (κ2) is 6.24. The Hall–Kier alpha value is -0.260. The smallest absolute Gasteiger partial charge is 0.233 e. The molecule has 6 heteroatoms. The zero-order chi connectivity index (χ0) is 14.8. The number of hydrogen-bond donors (Lipinski definition) is 0. The van der Waals surface area contributed by atoms with Gasteiger partial charge in [-0.05, 0) is 43.5 Å². The van der Waals surface area contributed by atoms with Crippen molar-refractivity contribution in [1.82, 2.24) is 0 Å². The molecule has 1 saturated carbocycles. The highest BCUT2D eigenvalue weighted by molar-refractivity contribution is 9.10. The molecule has 2 rings (SSSR count). The van der Waals surface area contributed by atoms with Crippen LogP contribution in [0, 0.1) is 12.3 Å². The quantitative estimate of drug-likeness (QED) is 0.716. The molecule has 0 heterocycles. The molecule has 1 aromatic carbocycles. The van der Waals surface area contributed by atoms with Crippen molar-refractivity contribution in [3.8, 4) is 5.75 Å². The second-order valence-corrected chi connectivity index (χ2v) is 9.22. The fourth-order valence-corrected chi connectivity index (χ4v) is 4.81. The van der Waals surface area contributed by atoms with Crippen LogP contribution in [0.3, 0.4) is 0 Å². The minimum absolute atomic E-state index is 0.00291. The Morgan fingerprint density at radius 3 is 2.55 bits per heavy atom. The summed E-state index contributed by atoms with van der Waals surface area (Å²) in [4.78, 5) is 0. The molecule has 1 aliphatic carbocycles. The van der Waals surface area contributed by atoms with Crippen molar-refractivity contribution in [2.45, 2.75) is 32.6 Å². The molecule has 0 bridgehead atoms. The highest BCUT2D eigenvalue weighted by atomic mass is 79.9. The molecule has 1 fully saturated rings. The summed E-state index contributed by atoms with van der Waals surface area (Å²) < 4.78 is 29.7. The Bertz CT molecular complexity index is 580. The molecule has 0 atom stereocenters. The van der Waals surface area contributed by atoms with Gasteiger partial charge in [-0.1, -0.05) is 28.8 Å². The molecule has 0 aliphatic heterocycles. The van der Waals surface area contributed by atoms with Gasteiger partial charge in [0.25, 0.3) is 0 Å². The van der Waals surface area contributed by atoms with Crippen LogP contribution < -0.4 is 4.74 Å². The maximum Gasteiger partial charge on any atom is 0.233 e. The fraction of sp³-hybridized carbons (Fsp3) is 0.571. The minimum atomic E-state index is -3.50. The molecule has 0 amide bonds. The molecule has 0 saturated heterocycles. The van der Waals surface area contributed by atoms with Gasteiger partial charge in [-0.25, -0.2) is 8.42 Å². The summed E-state index contributed by atoms with van der Waals surface area (Å²) in [5, 5.41) is 0. The predicted molar refractivity (Wildman–Crippen MR) is 84.9 cm³/mol. The Labute approximate surface area is 133 Å². The summed E-state index contributed by atoms with van der Waals surface area (Å²) in [5.41, 5.74) is 0.759. The maximum atomic E-state index is 11.4. The van der Waals surface area contributed by atoms with Gasteiger partial charge in [0.1, 0.15) is 5.75 Å². The van der Waals surface area contributed by atoms with E-state index < -0.39 is 9.05 Å². The van der Waals surface area contributed by atoms with E-state index in [1.165, 1.54) is 0 Å². The lowest BCUT2D eigenvalue weighted by atomic mass is 9.90. The van der Waals surface area contributed by atoms with E-state index in [2.05, 4.69) is 15.9 Å². The van der Waals surface area contributed by atoms with Crippen LogP contribution in [0.5, 0.6) is 5.75 Å². The highest BCUT2D eigenvalue weighted by Gasteiger charge is 2.38. The first kappa shape index (κ1) is 16.1. The second-order valence-electron chi connectivity index (χ2n) is 5.59. The third kappa shape index (κ3) is 4.37. The summed E-state index contributed by atoms with van der Waals surface area (Å²) in [6.45, 7) is 2.39. The summed E-state index contributed by atoms with van der Waals surface area (Å²) in [5.74, 6) is 0.765. The molecule has 112 valence electrons. The van der Waals surface area contributed by atoms with Gasteiger partial charge in [-0.3, -0.25) is 0 Å². The molecular weight excluding hydrogens is 364 g/mol. The van der Waals surface area contributed by atoms with Crippen LogP contribution in [-0.2, 0) is 9.05 Å². The molecule has 0 radical (unpaired) electrons. The van der Waals surface area contributed by atoms with Gasteiger partial charge in [0.15, 0.2) is 0 Å². The normalized spacial score (nSPS) is 18.1. The van der Waals surface area contributed by atoms with Crippen LogP contribution in [0.2, 0.25) is 0 Å². The van der Waals surface area contributed by atoms with E-state index in [1.807, 2.05) is 25.1 Å². The predicted octanol–water partition coefficient (Wildman–Crippen LogP) is 4.27. The van der Waals surface area contributed by atoms with E-state index in [4.69, 9.17) is 15.4 Å². The minimum Gasteiger partial charge on any atom is -0.493 e. The highest BCUT2D eigenvalue weighted by Crippen LogP contribution is 2.40. The summed E-state index contributed by atoms with van der Waals surface area (Å²) in [6, 6.07) is 5.77. The summed E-state index contributed by atoms with van der Waals surface area (Å²) in [7, 11) is 1.94. The molecule has 0 N–H and O–H groups in total. The van der Waals surface area contributed by atoms with Gasteiger partial charge in [0.2, 0.25) is 9.05 Å². The largest absolute Gasteiger partial charge is 0.493 e. The number of benzene rings is 1.